The second kappa shape index (κ2) is 10.4. The first kappa shape index (κ1) is 18.6. The Bertz CT molecular complexity index is 242. The van der Waals surface area contributed by atoms with Crippen LogP contribution in [0.2, 0.25) is 0 Å². The van der Waals surface area contributed by atoms with Crippen molar-refractivity contribution in [3.05, 3.63) is 0 Å². The molecule has 0 aliphatic carbocycles. The fraction of sp³-hybridized carbons (Fsp3) is 0.929. The standard InChI is InChI=1S/C14H32N4S/c1-13(2)12-18(11-10-17(5)6)14(19)15-8-7-9-16(3)4/h13H,7-12H2,1-6H3,(H,15,19). The molecule has 0 aromatic carbocycles. The number of thiocarbonyl (C=S) groups is 1. The molecule has 0 rings (SSSR count). The molecule has 0 bridgehead atoms. The molecular weight excluding hydrogens is 256 g/mol. The van der Waals surface area contributed by atoms with E-state index in [0.717, 1.165) is 44.3 Å². The Labute approximate surface area is 125 Å². The van der Waals surface area contributed by atoms with Crippen LogP contribution in [0, 0.1) is 5.92 Å². The summed E-state index contributed by atoms with van der Waals surface area (Å²) in [4.78, 5) is 6.68. The van der Waals surface area contributed by atoms with Crippen LogP contribution >= 0.6 is 12.2 Å². The van der Waals surface area contributed by atoms with E-state index in [4.69, 9.17) is 12.2 Å². The Balaban J connectivity index is 4.07. The molecule has 4 nitrogen and oxygen atoms in total. The predicted molar refractivity (Wildman–Crippen MR) is 88.7 cm³/mol. The molecule has 0 saturated carbocycles. The highest BCUT2D eigenvalue weighted by Gasteiger charge is 2.11. The molecule has 0 aliphatic rings. The van der Waals surface area contributed by atoms with Crippen LogP contribution in [0.4, 0.5) is 0 Å². The van der Waals surface area contributed by atoms with E-state index >= 15 is 0 Å². The maximum absolute atomic E-state index is 5.51. The van der Waals surface area contributed by atoms with Crippen molar-refractivity contribution in [1.29, 1.82) is 0 Å². The van der Waals surface area contributed by atoms with Gasteiger partial charge >= 0.3 is 0 Å². The summed E-state index contributed by atoms with van der Waals surface area (Å²) in [6.45, 7) is 9.56. The Morgan fingerprint density at radius 1 is 1.00 bits per heavy atom. The molecule has 114 valence electrons. The van der Waals surface area contributed by atoms with Crippen LogP contribution in [-0.4, -0.2) is 80.7 Å². The van der Waals surface area contributed by atoms with Gasteiger partial charge in [-0.05, 0) is 59.3 Å². The van der Waals surface area contributed by atoms with Crippen molar-refractivity contribution in [2.24, 2.45) is 5.92 Å². The number of nitrogens with zero attached hydrogens (tertiary/aromatic N) is 3. The molecular formula is C14H32N4S. The lowest BCUT2D eigenvalue weighted by atomic mass is 10.2. The zero-order valence-corrected chi connectivity index (χ0v) is 14.4. The van der Waals surface area contributed by atoms with Crippen LogP contribution < -0.4 is 5.32 Å². The van der Waals surface area contributed by atoms with Crippen LogP contribution in [0.3, 0.4) is 0 Å². The van der Waals surface area contributed by atoms with Crippen LogP contribution in [-0.2, 0) is 0 Å². The van der Waals surface area contributed by atoms with Crippen molar-refractivity contribution in [1.82, 2.24) is 20.0 Å². The zero-order valence-electron chi connectivity index (χ0n) is 13.6. The largest absolute Gasteiger partial charge is 0.363 e. The lowest BCUT2D eigenvalue weighted by Gasteiger charge is -2.29. The molecule has 5 heteroatoms. The minimum absolute atomic E-state index is 0.628. The molecule has 1 N–H and O–H groups in total. The highest BCUT2D eigenvalue weighted by molar-refractivity contribution is 7.80. The predicted octanol–water partition coefficient (Wildman–Crippen LogP) is 1.33. The quantitative estimate of drug-likeness (QED) is 0.509. The van der Waals surface area contributed by atoms with Gasteiger partial charge in [0.1, 0.15) is 0 Å². The maximum Gasteiger partial charge on any atom is 0.168 e. The maximum atomic E-state index is 5.51. The summed E-state index contributed by atoms with van der Waals surface area (Å²) < 4.78 is 0. The molecule has 0 spiro atoms. The number of hydrogen-bond donors (Lipinski definition) is 1. The van der Waals surface area contributed by atoms with E-state index in [1.54, 1.807) is 0 Å². The summed E-state index contributed by atoms with van der Waals surface area (Å²) in [7, 11) is 8.39. The molecule has 0 heterocycles. The van der Waals surface area contributed by atoms with E-state index in [-0.39, 0.29) is 0 Å². The van der Waals surface area contributed by atoms with Gasteiger partial charge in [0, 0.05) is 26.2 Å². The van der Waals surface area contributed by atoms with E-state index in [1.165, 1.54) is 0 Å². The Kier molecular flexibility index (Phi) is 10.2. The van der Waals surface area contributed by atoms with Gasteiger partial charge in [0.15, 0.2) is 5.11 Å². The second-order valence-electron chi connectivity index (χ2n) is 6.03. The van der Waals surface area contributed by atoms with Gasteiger partial charge in [-0.25, -0.2) is 0 Å². The zero-order chi connectivity index (χ0) is 14.8. The van der Waals surface area contributed by atoms with Crippen molar-refractivity contribution in [3.63, 3.8) is 0 Å². The first-order chi connectivity index (χ1) is 8.82. The smallest absolute Gasteiger partial charge is 0.168 e. The summed E-state index contributed by atoms with van der Waals surface area (Å²) in [6.07, 6.45) is 1.12. The van der Waals surface area contributed by atoms with E-state index in [1.807, 2.05) is 0 Å². The van der Waals surface area contributed by atoms with Gasteiger partial charge < -0.3 is 20.0 Å². The van der Waals surface area contributed by atoms with E-state index < -0.39 is 0 Å². The fourth-order valence-electron chi connectivity index (χ4n) is 1.74. The van der Waals surface area contributed by atoms with Crippen LogP contribution in [0.1, 0.15) is 20.3 Å². The SMILES string of the molecule is CC(C)CN(CCN(C)C)C(=S)NCCCN(C)C. The molecule has 0 atom stereocenters. The second-order valence-corrected chi connectivity index (χ2v) is 6.42. The third-order valence-corrected chi connectivity index (χ3v) is 3.15. The summed E-state index contributed by atoms with van der Waals surface area (Å²) >= 11 is 5.51. The average molecular weight is 289 g/mol. The minimum Gasteiger partial charge on any atom is -0.363 e. The Morgan fingerprint density at radius 2 is 1.58 bits per heavy atom. The molecule has 0 fully saturated rings. The first-order valence-corrected chi connectivity index (χ1v) is 7.56. The molecule has 0 aliphatic heterocycles. The topological polar surface area (TPSA) is 21.8 Å². The van der Waals surface area contributed by atoms with Crippen molar-refractivity contribution in [3.8, 4) is 0 Å². The lowest BCUT2D eigenvalue weighted by Crippen LogP contribution is -2.45. The lowest BCUT2D eigenvalue weighted by molar-refractivity contribution is 0.304. The minimum atomic E-state index is 0.628. The molecule has 0 saturated heterocycles. The first-order valence-electron chi connectivity index (χ1n) is 7.15. The number of likely N-dealkylation sites (N-methyl/N-ethyl adjacent to an activating group) is 1. The molecule has 0 aromatic heterocycles. The van der Waals surface area contributed by atoms with E-state index in [9.17, 15) is 0 Å². The van der Waals surface area contributed by atoms with Gasteiger partial charge in [0.25, 0.3) is 0 Å². The van der Waals surface area contributed by atoms with Crippen molar-refractivity contribution >= 4 is 17.3 Å². The van der Waals surface area contributed by atoms with Crippen LogP contribution in [0.5, 0.6) is 0 Å². The van der Waals surface area contributed by atoms with Gasteiger partial charge in [-0.1, -0.05) is 13.8 Å². The monoisotopic (exact) mass is 288 g/mol. The Hall–Kier alpha value is -0.390. The van der Waals surface area contributed by atoms with Crippen molar-refractivity contribution in [2.75, 3.05) is 60.9 Å². The molecule has 0 radical (unpaired) electrons. The number of hydrogen-bond acceptors (Lipinski definition) is 3. The molecule has 0 aromatic rings. The van der Waals surface area contributed by atoms with Gasteiger partial charge in [-0.3, -0.25) is 0 Å². The highest BCUT2D eigenvalue weighted by atomic mass is 32.1. The molecule has 0 unspecified atom stereocenters. The number of rotatable bonds is 9. The van der Waals surface area contributed by atoms with Crippen LogP contribution in [0.25, 0.3) is 0 Å². The average Bonchev–Trinajstić information content (AvgIpc) is 2.28. The van der Waals surface area contributed by atoms with Crippen molar-refractivity contribution in [2.45, 2.75) is 20.3 Å². The summed E-state index contributed by atoms with van der Waals surface area (Å²) in [5.41, 5.74) is 0. The normalized spacial score (nSPS) is 11.4. The van der Waals surface area contributed by atoms with E-state index in [0.29, 0.717) is 5.92 Å². The third-order valence-electron chi connectivity index (χ3n) is 2.75. The summed E-state index contributed by atoms with van der Waals surface area (Å²) in [6, 6.07) is 0. The fourth-order valence-corrected chi connectivity index (χ4v) is 2.01. The number of nitrogens with one attached hydrogen (secondary N) is 1. The highest BCUT2D eigenvalue weighted by Crippen LogP contribution is 2.00. The summed E-state index contributed by atoms with van der Waals surface area (Å²) in [5, 5.41) is 4.28. The van der Waals surface area contributed by atoms with Gasteiger partial charge in [0.05, 0.1) is 0 Å². The van der Waals surface area contributed by atoms with Gasteiger partial charge in [-0.2, -0.15) is 0 Å². The summed E-state index contributed by atoms with van der Waals surface area (Å²) in [5.74, 6) is 0.628. The van der Waals surface area contributed by atoms with Crippen LogP contribution in [0.15, 0.2) is 0 Å². The van der Waals surface area contributed by atoms with E-state index in [2.05, 4.69) is 62.1 Å². The van der Waals surface area contributed by atoms with Crippen molar-refractivity contribution < 1.29 is 0 Å². The molecule has 0 amide bonds. The van der Waals surface area contributed by atoms with Gasteiger partial charge in [0.2, 0.25) is 0 Å². The Morgan fingerprint density at radius 3 is 2.05 bits per heavy atom. The third kappa shape index (κ3) is 11.2. The van der Waals surface area contributed by atoms with Gasteiger partial charge in [-0.15, -0.1) is 0 Å². The molecule has 19 heavy (non-hydrogen) atoms.